The van der Waals surface area contributed by atoms with E-state index in [9.17, 15) is 4.79 Å². The molecule has 20 heavy (non-hydrogen) atoms. The number of nitrogens with two attached hydrogens (primary N) is 1. The molecule has 0 radical (unpaired) electrons. The van der Waals surface area contributed by atoms with Crippen molar-refractivity contribution >= 4 is 11.6 Å². The molecule has 1 atom stereocenters. The third kappa shape index (κ3) is 4.26. The molecule has 1 aliphatic rings. The fraction of sp³-hybridized carbons (Fsp3) is 0.588. The zero-order valence-electron chi connectivity index (χ0n) is 12.6. The van der Waals surface area contributed by atoms with E-state index in [0.29, 0.717) is 17.9 Å². The largest absolute Gasteiger partial charge is 0.382 e. The average Bonchev–Trinajstić information content (AvgIpc) is 2.53. The summed E-state index contributed by atoms with van der Waals surface area (Å²) in [4.78, 5) is 11.1. The van der Waals surface area contributed by atoms with Gasteiger partial charge in [0.05, 0.1) is 6.42 Å². The van der Waals surface area contributed by atoms with E-state index in [1.807, 2.05) is 24.3 Å². The number of benzene rings is 1. The van der Waals surface area contributed by atoms with Crippen LogP contribution in [0.15, 0.2) is 24.3 Å². The van der Waals surface area contributed by atoms with Crippen molar-refractivity contribution < 1.29 is 4.79 Å². The van der Waals surface area contributed by atoms with Crippen LogP contribution < -0.4 is 11.1 Å². The molecule has 0 heterocycles. The molecule has 1 saturated carbocycles. The highest BCUT2D eigenvalue weighted by atomic mass is 16.1. The molecule has 1 aliphatic carbocycles. The lowest BCUT2D eigenvalue weighted by molar-refractivity contribution is -0.117. The van der Waals surface area contributed by atoms with Gasteiger partial charge in [0.2, 0.25) is 5.91 Å². The number of hydrogen-bond donors (Lipinski definition) is 2. The Bertz CT molecular complexity index is 468. The van der Waals surface area contributed by atoms with Gasteiger partial charge in [0, 0.05) is 11.7 Å². The molecule has 3 N–H and O–H groups in total. The summed E-state index contributed by atoms with van der Waals surface area (Å²) < 4.78 is 0. The number of anilines is 1. The Balaban J connectivity index is 2.04. The highest BCUT2D eigenvalue weighted by Crippen LogP contribution is 2.34. The van der Waals surface area contributed by atoms with Crippen LogP contribution in [0.2, 0.25) is 0 Å². The lowest BCUT2D eigenvalue weighted by Gasteiger charge is -2.23. The van der Waals surface area contributed by atoms with E-state index in [4.69, 9.17) is 5.73 Å². The molecule has 110 valence electrons. The Morgan fingerprint density at radius 1 is 1.30 bits per heavy atom. The minimum absolute atomic E-state index is 0.277. The van der Waals surface area contributed by atoms with Crippen LogP contribution in [0.25, 0.3) is 0 Å². The molecule has 0 bridgehead atoms. The first kappa shape index (κ1) is 14.9. The van der Waals surface area contributed by atoms with Crippen molar-refractivity contribution in [2.45, 2.75) is 58.4 Å². The lowest BCUT2D eigenvalue weighted by atomic mass is 9.85. The van der Waals surface area contributed by atoms with Crippen molar-refractivity contribution in [3.63, 3.8) is 0 Å². The van der Waals surface area contributed by atoms with Crippen LogP contribution in [0, 0.1) is 5.41 Å². The molecule has 1 amide bonds. The second-order valence-corrected chi connectivity index (χ2v) is 6.74. The van der Waals surface area contributed by atoms with Crippen LogP contribution in [0.5, 0.6) is 0 Å². The number of primary amides is 1. The summed E-state index contributed by atoms with van der Waals surface area (Å²) in [5.74, 6) is -0.277. The average molecular weight is 274 g/mol. The summed E-state index contributed by atoms with van der Waals surface area (Å²) in [5.41, 5.74) is 7.85. The van der Waals surface area contributed by atoms with Crippen molar-refractivity contribution in [2.75, 3.05) is 5.32 Å². The predicted octanol–water partition coefficient (Wildman–Crippen LogP) is 3.49. The maximum atomic E-state index is 11.1. The number of rotatable bonds is 4. The molecular weight excluding hydrogens is 248 g/mol. The summed E-state index contributed by atoms with van der Waals surface area (Å²) in [7, 11) is 0. The van der Waals surface area contributed by atoms with Crippen LogP contribution in [-0.2, 0) is 11.2 Å². The zero-order chi connectivity index (χ0) is 14.6. The van der Waals surface area contributed by atoms with Gasteiger partial charge in [-0.25, -0.2) is 0 Å². The first-order valence-electron chi connectivity index (χ1n) is 7.59. The number of carbonyl (C=O) groups excluding carboxylic acids is 1. The number of amides is 1. The molecule has 2 rings (SSSR count). The van der Waals surface area contributed by atoms with Crippen molar-refractivity contribution in [3.8, 4) is 0 Å². The smallest absolute Gasteiger partial charge is 0.221 e. The van der Waals surface area contributed by atoms with Crippen LogP contribution in [-0.4, -0.2) is 11.9 Å². The van der Waals surface area contributed by atoms with Crippen molar-refractivity contribution in [1.82, 2.24) is 0 Å². The number of carbonyl (C=O) groups is 1. The molecule has 0 spiro atoms. The van der Waals surface area contributed by atoms with Crippen molar-refractivity contribution in [3.05, 3.63) is 29.8 Å². The Morgan fingerprint density at radius 2 is 2.05 bits per heavy atom. The van der Waals surface area contributed by atoms with E-state index in [1.165, 1.54) is 32.1 Å². The van der Waals surface area contributed by atoms with Crippen LogP contribution >= 0.6 is 0 Å². The Kier molecular flexibility index (Phi) is 4.69. The van der Waals surface area contributed by atoms with E-state index in [-0.39, 0.29) is 5.91 Å². The van der Waals surface area contributed by atoms with E-state index < -0.39 is 0 Å². The first-order chi connectivity index (χ1) is 9.46. The maximum Gasteiger partial charge on any atom is 0.221 e. The van der Waals surface area contributed by atoms with Gasteiger partial charge in [0.1, 0.15) is 0 Å². The minimum Gasteiger partial charge on any atom is -0.382 e. The van der Waals surface area contributed by atoms with Gasteiger partial charge < -0.3 is 11.1 Å². The third-order valence-corrected chi connectivity index (χ3v) is 4.32. The van der Waals surface area contributed by atoms with E-state index in [0.717, 1.165) is 11.3 Å². The highest BCUT2D eigenvalue weighted by molar-refractivity contribution is 5.78. The molecule has 1 fully saturated rings. The minimum atomic E-state index is -0.277. The van der Waals surface area contributed by atoms with Crippen LogP contribution in [0.1, 0.15) is 51.5 Å². The Labute approximate surface area is 121 Å². The van der Waals surface area contributed by atoms with Gasteiger partial charge in [0.25, 0.3) is 0 Å². The SMILES string of the molecule is CC1(C)CCCC(Nc2ccccc2CC(N)=O)CC1. The predicted molar refractivity (Wildman–Crippen MR) is 83.6 cm³/mol. The number of hydrogen-bond acceptors (Lipinski definition) is 2. The molecule has 0 saturated heterocycles. The first-order valence-corrected chi connectivity index (χ1v) is 7.59. The van der Waals surface area contributed by atoms with Gasteiger partial charge in [0.15, 0.2) is 0 Å². The number of nitrogens with one attached hydrogen (secondary N) is 1. The Morgan fingerprint density at radius 3 is 2.80 bits per heavy atom. The molecule has 1 aromatic carbocycles. The number of para-hydroxylation sites is 1. The monoisotopic (exact) mass is 274 g/mol. The molecular formula is C17H26N2O. The van der Waals surface area contributed by atoms with Gasteiger partial charge in [-0.1, -0.05) is 38.5 Å². The normalized spacial score (nSPS) is 22.0. The Hall–Kier alpha value is -1.51. The van der Waals surface area contributed by atoms with Gasteiger partial charge >= 0.3 is 0 Å². The summed E-state index contributed by atoms with van der Waals surface area (Å²) in [6.07, 6.45) is 6.52. The standard InChI is InChI=1S/C17H26N2O/c1-17(2)10-5-7-14(9-11-17)19-15-8-4-3-6-13(15)12-16(18)20/h3-4,6,8,14,19H,5,7,9-12H2,1-2H3,(H2,18,20). The lowest BCUT2D eigenvalue weighted by Crippen LogP contribution is -2.21. The van der Waals surface area contributed by atoms with Gasteiger partial charge in [-0.2, -0.15) is 0 Å². The van der Waals surface area contributed by atoms with Crippen molar-refractivity contribution in [2.24, 2.45) is 11.1 Å². The van der Waals surface area contributed by atoms with E-state index >= 15 is 0 Å². The molecule has 1 unspecified atom stereocenters. The highest BCUT2D eigenvalue weighted by Gasteiger charge is 2.24. The fourth-order valence-electron chi connectivity index (χ4n) is 3.03. The van der Waals surface area contributed by atoms with Gasteiger partial charge in [-0.15, -0.1) is 0 Å². The maximum absolute atomic E-state index is 11.1. The summed E-state index contributed by atoms with van der Waals surface area (Å²) in [6.45, 7) is 4.72. The third-order valence-electron chi connectivity index (χ3n) is 4.32. The zero-order valence-corrected chi connectivity index (χ0v) is 12.6. The molecule has 1 aromatic rings. The second-order valence-electron chi connectivity index (χ2n) is 6.74. The molecule has 3 nitrogen and oxygen atoms in total. The summed E-state index contributed by atoms with van der Waals surface area (Å²) >= 11 is 0. The topological polar surface area (TPSA) is 55.1 Å². The fourth-order valence-corrected chi connectivity index (χ4v) is 3.03. The summed E-state index contributed by atoms with van der Waals surface area (Å²) in [6, 6.07) is 8.50. The molecule has 0 aromatic heterocycles. The van der Waals surface area contributed by atoms with Crippen LogP contribution in [0.3, 0.4) is 0 Å². The van der Waals surface area contributed by atoms with E-state index in [2.05, 4.69) is 19.2 Å². The second kappa shape index (κ2) is 6.29. The molecule has 0 aliphatic heterocycles. The van der Waals surface area contributed by atoms with E-state index in [1.54, 1.807) is 0 Å². The van der Waals surface area contributed by atoms with Gasteiger partial charge in [-0.05, 0) is 42.7 Å². The van der Waals surface area contributed by atoms with Gasteiger partial charge in [-0.3, -0.25) is 4.79 Å². The van der Waals surface area contributed by atoms with Crippen LogP contribution in [0.4, 0.5) is 5.69 Å². The quantitative estimate of drug-likeness (QED) is 0.826. The summed E-state index contributed by atoms with van der Waals surface area (Å²) in [5, 5.41) is 3.62. The molecule has 3 heteroatoms. The van der Waals surface area contributed by atoms with Crippen molar-refractivity contribution in [1.29, 1.82) is 0 Å².